The molecule has 0 bridgehead atoms. The van der Waals surface area contributed by atoms with E-state index in [0.717, 1.165) is 0 Å². The molecule has 0 unspecified atom stereocenters. The average molecular weight is 508 g/mol. The molecule has 33 heavy (non-hydrogen) atoms. The predicted octanol–water partition coefficient (Wildman–Crippen LogP) is 2.82. The molecule has 2 aromatic rings. The van der Waals surface area contributed by atoms with Crippen molar-refractivity contribution < 1.29 is 36.8 Å². The monoisotopic (exact) mass is 507 g/mol. The topological polar surface area (TPSA) is 150 Å². The fourth-order valence-electron chi connectivity index (χ4n) is 3.49. The molecule has 0 amide bonds. The molecule has 15 heteroatoms. The van der Waals surface area contributed by atoms with Gasteiger partial charge in [-0.1, -0.05) is 6.92 Å². The lowest BCUT2D eigenvalue weighted by molar-refractivity contribution is -0.152. The van der Waals surface area contributed by atoms with Gasteiger partial charge in [0.1, 0.15) is 17.7 Å². The number of nitrogens with two attached hydrogens (primary N) is 1. The van der Waals surface area contributed by atoms with Crippen LogP contribution in [0.15, 0.2) is 6.33 Å². The summed E-state index contributed by atoms with van der Waals surface area (Å²) in [5.41, 5.74) is 6.21. The summed E-state index contributed by atoms with van der Waals surface area (Å²) in [7, 11) is -4.07. The maximum atomic E-state index is 15.3. The van der Waals surface area contributed by atoms with Gasteiger partial charge in [-0.05, 0) is 31.9 Å². The first-order valence-corrected chi connectivity index (χ1v) is 12.1. The highest BCUT2D eigenvalue weighted by atomic mass is 35.5. The van der Waals surface area contributed by atoms with Crippen LogP contribution in [0.2, 0.25) is 5.28 Å². The number of nitrogens with zero attached hydrogens (tertiary/aromatic N) is 4. The Morgan fingerprint density at radius 1 is 1.42 bits per heavy atom. The highest BCUT2D eigenvalue weighted by Crippen LogP contribution is 2.57. The third-order valence-electron chi connectivity index (χ3n) is 5.16. The van der Waals surface area contributed by atoms with Gasteiger partial charge in [-0.2, -0.15) is 9.97 Å². The Bertz CT molecular complexity index is 1090. The number of esters is 1. The Morgan fingerprint density at radius 2 is 2.18 bits per heavy atom. The second-order valence-corrected chi connectivity index (χ2v) is 9.99. The highest BCUT2D eigenvalue weighted by Gasteiger charge is 2.54. The first-order valence-electron chi connectivity index (χ1n) is 10.3. The molecule has 2 saturated heterocycles. The van der Waals surface area contributed by atoms with Gasteiger partial charge in [-0.25, -0.2) is 13.9 Å². The number of hydrogen-bond donors (Lipinski definition) is 1. The lowest BCUT2D eigenvalue weighted by atomic mass is 10.1. The number of hydrogen-bond acceptors (Lipinski definition) is 11. The molecule has 2 aliphatic heterocycles. The number of alkyl halides is 1. The van der Waals surface area contributed by atoms with Crippen LogP contribution >= 0.6 is 19.4 Å². The van der Waals surface area contributed by atoms with Crippen molar-refractivity contribution in [2.45, 2.75) is 57.9 Å². The summed E-state index contributed by atoms with van der Waals surface area (Å²) in [6.07, 6.45) is -3.73. The van der Waals surface area contributed by atoms with Crippen LogP contribution in [-0.2, 0) is 32.4 Å². The number of fused-ring (bicyclic) bond motifs is 2. The summed E-state index contributed by atoms with van der Waals surface area (Å²) in [5, 5.41) is -0.128. The summed E-state index contributed by atoms with van der Waals surface area (Å²) in [4.78, 5) is 23.8. The fraction of sp³-hybridized carbons (Fsp3) is 0.667. The molecule has 2 aliphatic rings. The van der Waals surface area contributed by atoms with Crippen molar-refractivity contribution in [2.24, 2.45) is 5.92 Å². The molecule has 0 aliphatic carbocycles. The zero-order chi connectivity index (χ0) is 23.9. The van der Waals surface area contributed by atoms with Crippen molar-refractivity contribution in [3.05, 3.63) is 11.6 Å². The Labute approximate surface area is 193 Å². The zero-order valence-corrected chi connectivity index (χ0v) is 19.7. The van der Waals surface area contributed by atoms with E-state index in [0.29, 0.717) is 0 Å². The number of imidazole rings is 1. The molecule has 2 aromatic heterocycles. The maximum Gasteiger partial charge on any atom is 0.475 e. The minimum atomic E-state index is -4.07. The number of carbonyl (C=O) groups excluding carboxylic acids is 1. The average Bonchev–Trinajstić information content (AvgIpc) is 3.28. The number of carbonyl (C=O) groups is 1. The molecular weight excluding hydrogens is 484 g/mol. The molecule has 6 atom stereocenters. The lowest BCUT2D eigenvalue weighted by Gasteiger charge is -2.30. The van der Waals surface area contributed by atoms with E-state index in [1.165, 1.54) is 10.9 Å². The second-order valence-electron chi connectivity index (χ2n) is 8.03. The predicted molar refractivity (Wildman–Crippen MR) is 113 cm³/mol. The molecule has 2 fully saturated rings. The number of phosphoric acid groups is 1. The molecule has 182 valence electrons. The summed E-state index contributed by atoms with van der Waals surface area (Å²) >= 11 is 5.87. The van der Waals surface area contributed by atoms with Crippen molar-refractivity contribution in [3.63, 3.8) is 0 Å². The molecule has 0 radical (unpaired) electrons. The van der Waals surface area contributed by atoms with Gasteiger partial charge < -0.3 is 15.2 Å². The van der Waals surface area contributed by atoms with E-state index in [4.69, 9.17) is 40.4 Å². The Morgan fingerprint density at radius 3 is 2.91 bits per heavy atom. The summed E-state index contributed by atoms with van der Waals surface area (Å²) in [6.45, 7) is 4.83. The Balaban J connectivity index is 1.41. The molecule has 4 heterocycles. The van der Waals surface area contributed by atoms with Gasteiger partial charge in [0, 0.05) is 0 Å². The lowest BCUT2D eigenvalue weighted by Crippen LogP contribution is -2.38. The minimum Gasteiger partial charge on any atom is -0.463 e. The first-order chi connectivity index (χ1) is 15.6. The normalized spacial score (nSPS) is 30.5. The van der Waals surface area contributed by atoms with Crippen LogP contribution in [0.1, 0.15) is 33.4 Å². The third-order valence-corrected chi connectivity index (χ3v) is 6.80. The number of ether oxygens (including phenoxy) is 2. The smallest absolute Gasteiger partial charge is 0.463 e. The molecular formula is C18H24ClFN5O7P. The van der Waals surface area contributed by atoms with Crippen molar-refractivity contribution >= 4 is 42.4 Å². The van der Waals surface area contributed by atoms with E-state index in [1.807, 2.05) is 0 Å². The Kier molecular flexibility index (Phi) is 6.90. The maximum absolute atomic E-state index is 15.3. The van der Waals surface area contributed by atoms with E-state index in [1.54, 1.807) is 20.8 Å². The molecule has 4 rings (SSSR count). The largest absolute Gasteiger partial charge is 0.475 e. The van der Waals surface area contributed by atoms with Crippen molar-refractivity contribution in [1.82, 2.24) is 19.5 Å². The van der Waals surface area contributed by atoms with E-state index in [9.17, 15) is 9.36 Å². The van der Waals surface area contributed by atoms with Gasteiger partial charge in [0.15, 0.2) is 23.9 Å². The van der Waals surface area contributed by atoms with Crippen LogP contribution in [-0.4, -0.2) is 63.2 Å². The van der Waals surface area contributed by atoms with Crippen molar-refractivity contribution in [3.8, 4) is 0 Å². The van der Waals surface area contributed by atoms with Crippen LogP contribution in [0.4, 0.5) is 10.2 Å². The van der Waals surface area contributed by atoms with E-state index in [-0.39, 0.29) is 48.0 Å². The minimum absolute atomic E-state index is 0.0403. The second kappa shape index (κ2) is 9.40. The summed E-state index contributed by atoms with van der Waals surface area (Å²) < 4.78 is 56.3. The van der Waals surface area contributed by atoms with Crippen LogP contribution < -0.4 is 5.73 Å². The quantitative estimate of drug-likeness (QED) is 0.334. The van der Waals surface area contributed by atoms with Crippen molar-refractivity contribution in [2.75, 3.05) is 18.9 Å². The van der Waals surface area contributed by atoms with E-state index < -0.39 is 44.3 Å². The van der Waals surface area contributed by atoms with Crippen LogP contribution in [0.25, 0.3) is 11.2 Å². The number of halogens is 2. The van der Waals surface area contributed by atoms with Crippen LogP contribution in [0, 0.1) is 5.92 Å². The van der Waals surface area contributed by atoms with Crippen molar-refractivity contribution in [1.29, 1.82) is 0 Å². The number of rotatable bonds is 7. The van der Waals surface area contributed by atoms with Gasteiger partial charge in [-0.15, -0.1) is 0 Å². The number of anilines is 1. The standard InChI is InChI=1S/C18H24ClFN5O7P/c1-8(2)30-17(26)9(3)4-5-28-33(27)29-6-10-13(32-33)11(20)16(31-10)25-7-22-12-14(21)23-18(19)24-15(12)25/h7-11,13,16H,4-6H2,1-3H3,(H2,21,23,24)/t9-,10+,11-,13+,16+,33+/m0/s1. The number of aromatic nitrogens is 4. The van der Waals surface area contributed by atoms with E-state index in [2.05, 4.69) is 15.0 Å². The molecule has 0 aromatic carbocycles. The Hall–Kier alpha value is -1.89. The van der Waals surface area contributed by atoms with Crippen LogP contribution in [0.3, 0.4) is 0 Å². The number of phosphoric ester groups is 1. The first kappa shape index (κ1) is 24.2. The summed E-state index contributed by atoms with van der Waals surface area (Å²) in [5.74, 6) is -0.843. The fourth-order valence-corrected chi connectivity index (χ4v) is 5.07. The van der Waals surface area contributed by atoms with Crippen LogP contribution in [0.5, 0.6) is 0 Å². The third kappa shape index (κ3) is 4.98. The van der Waals surface area contributed by atoms with Gasteiger partial charge in [0.05, 0.1) is 31.6 Å². The van der Waals surface area contributed by atoms with Gasteiger partial charge in [0.25, 0.3) is 0 Å². The molecule has 2 N–H and O–H groups in total. The van der Waals surface area contributed by atoms with Gasteiger partial charge in [-0.3, -0.25) is 22.9 Å². The molecule has 12 nitrogen and oxygen atoms in total. The SMILES string of the molecule is CC(C)OC(=O)[C@@H](C)CCO[P@]1(=O)OC[C@H]2O[C@@H](n3cnc4c(N)nc(Cl)nc43)[C@@H](F)[C@@H]2O1. The van der Waals surface area contributed by atoms with Gasteiger partial charge in [0.2, 0.25) is 5.28 Å². The van der Waals surface area contributed by atoms with Gasteiger partial charge >= 0.3 is 13.8 Å². The summed E-state index contributed by atoms with van der Waals surface area (Å²) in [6, 6.07) is 0. The molecule has 0 spiro atoms. The van der Waals surface area contributed by atoms with E-state index >= 15 is 4.39 Å². The molecule has 0 saturated carbocycles. The highest BCUT2D eigenvalue weighted by molar-refractivity contribution is 7.48. The number of nitrogen functional groups attached to an aromatic ring is 1. The zero-order valence-electron chi connectivity index (χ0n) is 18.1.